The topological polar surface area (TPSA) is 160 Å². The van der Waals surface area contributed by atoms with Gasteiger partial charge in [-0.05, 0) is 52.7 Å². The van der Waals surface area contributed by atoms with Gasteiger partial charge in [-0.1, -0.05) is 29.4 Å². The Hall–Kier alpha value is -3.25. The minimum absolute atomic E-state index is 0.157. The second-order valence-corrected chi connectivity index (χ2v) is 11.7. The Morgan fingerprint density at radius 2 is 1.92 bits per heavy atom. The molecular weight excluding hydrogens is 532 g/mol. The van der Waals surface area contributed by atoms with Gasteiger partial charge in [0, 0.05) is 29.9 Å². The van der Waals surface area contributed by atoms with Crippen molar-refractivity contribution >= 4 is 58.7 Å². The number of rotatable bonds is 8. The molecule has 0 bridgehead atoms. The standard InChI is InChI=1S/C25H33ClN6O5S/c1-24(2,3)37-23(36)31-25(4)10-12-32(13-11-25)17-14-28-22(21(27)30-17)38-16-7-5-6-15(20(16)26)29-18(33)8-9-19(34)35/h5-7,14H,8-13H2,1-4H3,(H2,27,30)(H,29,33)(H,31,36)(H,34,35). The Labute approximate surface area is 230 Å². The predicted molar refractivity (Wildman–Crippen MR) is 147 cm³/mol. The first-order chi connectivity index (χ1) is 17.7. The van der Waals surface area contributed by atoms with Gasteiger partial charge >= 0.3 is 12.1 Å². The van der Waals surface area contributed by atoms with E-state index in [0.29, 0.717) is 52.4 Å². The van der Waals surface area contributed by atoms with Gasteiger partial charge < -0.3 is 31.1 Å². The van der Waals surface area contributed by atoms with Crippen molar-refractivity contribution < 1.29 is 24.2 Å². The molecule has 3 rings (SSSR count). The molecular formula is C25H33ClN6O5S. The minimum Gasteiger partial charge on any atom is -0.481 e. The molecule has 2 heterocycles. The summed E-state index contributed by atoms with van der Waals surface area (Å²) in [6, 6.07) is 5.11. The number of alkyl carbamates (subject to hydrolysis) is 1. The summed E-state index contributed by atoms with van der Waals surface area (Å²) in [6.07, 6.45) is 2.19. The van der Waals surface area contributed by atoms with Gasteiger partial charge in [0.1, 0.15) is 16.4 Å². The lowest BCUT2D eigenvalue weighted by atomic mass is 9.90. The van der Waals surface area contributed by atoms with Gasteiger partial charge in [-0.2, -0.15) is 0 Å². The molecule has 1 aromatic carbocycles. The Balaban J connectivity index is 1.62. The number of hydrogen-bond acceptors (Lipinski definition) is 9. The van der Waals surface area contributed by atoms with E-state index in [9.17, 15) is 14.4 Å². The number of amides is 2. The predicted octanol–water partition coefficient (Wildman–Crippen LogP) is 4.55. The molecule has 0 aliphatic carbocycles. The Morgan fingerprint density at radius 3 is 2.53 bits per heavy atom. The molecule has 11 nitrogen and oxygen atoms in total. The molecule has 13 heteroatoms. The van der Waals surface area contributed by atoms with Crippen molar-refractivity contribution in [1.29, 1.82) is 0 Å². The van der Waals surface area contributed by atoms with E-state index in [0.717, 1.165) is 0 Å². The van der Waals surface area contributed by atoms with E-state index in [2.05, 4.69) is 25.5 Å². The lowest BCUT2D eigenvalue weighted by Gasteiger charge is -2.40. The Morgan fingerprint density at radius 1 is 1.24 bits per heavy atom. The molecule has 38 heavy (non-hydrogen) atoms. The van der Waals surface area contributed by atoms with Crippen LogP contribution in [-0.4, -0.2) is 57.3 Å². The number of halogens is 1. The van der Waals surface area contributed by atoms with E-state index in [1.165, 1.54) is 11.8 Å². The van der Waals surface area contributed by atoms with Gasteiger partial charge in [0.2, 0.25) is 5.91 Å². The molecule has 0 radical (unpaired) electrons. The average Bonchev–Trinajstić information content (AvgIpc) is 2.80. The van der Waals surface area contributed by atoms with Crippen LogP contribution in [0.2, 0.25) is 5.02 Å². The van der Waals surface area contributed by atoms with E-state index in [-0.39, 0.29) is 18.7 Å². The van der Waals surface area contributed by atoms with E-state index < -0.39 is 29.1 Å². The number of piperidine rings is 1. The molecule has 1 fully saturated rings. The number of nitrogens with zero attached hydrogens (tertiary/aromatic N) is 3. The first kappa shape index (κ1) is 29.3. The summed E-state index contributed by atoms with van der Waals surface area (Å²) in [4.78, 5) is 46.6. The zero-order valence-corrected chi connectivity index (χ0v) is 23.4. The van der Waals surface area contributed by atoms with Crippen molar-refractivity contribution in [2.45, 2.75) is 74.4 Å². The monoisotopic (exact) mass is 564 g/mol. The molecule has 1 saturated heterocycles. The zero-order valence-electron chi connectivity index (χ0n) is 21.8. The maximum atomic E-state index is 12.2. The lowest BCUT2D eigenvalue weighted by molar-refractivity contribution is -0.138. The smallest absolute Gasteiger partial charge is 0.408 e. The third-order valence-corrected chi connectivity index (χ3v) is 7.34. The Bertz CT molecular complexity index is 1200. The number of carbonyl (C=O) groups excluding carboxylic acids is 2. The quantitative estimate of drug-likeness (QED) is 0.358. The summed E-state index contributed by atoms with van der Waals surface area (Å²) in [6.45, 7) is 8.80. The average molecular weight is 565 g/mol. The fourth-order valence-electron chi connectivity index (χ4n) is 3.74. The van der Waals surface area contributed by atoms with Crippen molar-refractivity contribution in [3.05, 3.63) is 29.4 Å². The van der Waals surface area contributed by atoms with Gasteiger partial charge in [-0.25, -0.2) is 14.8 Å². The maximum absolute atomic E-state index is 12.2. The highest BCUT2D eigenvalue weighted by molar-refractivity contribution is 7.99. The van der Waals surface area contributed by atoms with Crippen LogP contribution in [0, 0.1) is 0 Å². The largest absolute Gasteiger partial charge is 0.481 e. The fourth-order valence-corrected chi connectivity index (χ4v) is 4.84. The molecule has 1 aliphatic rings. The summed E-state index contributed by atoms with van der Waals surface area (Å²) in [5.41, 5.74) is 5.64. The first-order valence-electron chi connectivity index (χ1n) is 12.1. The van der Waals surface area contributed by atoms with E-state index in [4.69, 9.17) is 27.2 Å². The van der Waals surface area contributed by atoms with Crippen molar-refractivity contribution in [1.82, 2.24) is 15.3 Å². The summed E-state index contributed by atoms with van der Waals surface area (Å²) in [5.74, 6) is -0.625. The number of aromatic nitrogens is 2. The highest BCUT2D eigenvalue weighted by Gasteiger charge is 2.33. The maximum Gasteiger partial charge on any atom is 0.408 e. The van der Waals surface area contributed by atoms with E-state index in [1.807, 2.05) is 27.7 Å². The van der Waals surface area contributed by atoms with Crippen LogP contribution < -0.4 is 21.3 Å². The summed E-state index contributed by atoms with van der Waals surface area (Å²) in [5, 5.41) is 15.1. The molecule has 2 amide bonds. The number of hydrogen-bond donors (Lipinski definition) is 4. The van der Waals surface area contributed by atoms with Crippen molar-refractivity contribution in [3.8, 4) is 0 Å². The molecule has 2 aromatic rings. The normalized spacial score (nSPS) is 15.0. The zero-order chi connectivity index (χ0) is 28.1. The van der Waals surface area contributed by atoms with E-state index in [1.54, 1.807) is 24.4 Å². The number of aliphatic carboxylic acids is 1. The van der Waals surface area contributed by atoms with Crippen LogP contribution in [0.3, 0.4) is 0 Å². The second-order valence-electron chi connectivity index (χ2n) is 10.3. The van der Waals surface area contributed by atoms with Gasteiger partial charge in [0.25, 0.3) is 0 Å². The number of nitrogens with one attached hydrogen (secondary N) is 2. The Kier molecular flexibility index (Phi) is 9.31. The summed E-state index contributed by atoms with van der Waals surface area (Å²) in [7, 11) is 0. The number of ether oxygens (including phenoxy) is 1. The number of nitrogens with two attached hydrogens (primary N) is 1. The van der Waals surface area contributed by atoms with Crippen LogP contribution >= 0.6 is 23.4 Å². The van der Waals surface area contributed by atoms with Crippen molar-refractivity contribution in [2.75, 3.05) is 29.0 Å². The molecule has 0 unspecified atom stereocenters. The third kappa shape index (κ3) is 8.38. The van der Waals surface area contributed by atoms with Crippen LogP contribution in [0.15, 0.2) is 34.3 Å². The minimum atomic E-state index is -1.05. The van der Waals surface area contributed by atoms with Gasteiger partial charge in [0.05, 0.1) is 23.3 Å². The third-order valence-electron chi connectivity index (χ3n) is 5.76. The number of carboxylic acids is 1. The van der Waals surface area contributed by atoms with Gasteiger partial charge in [0.15, 0.2) is 5.82 Å². The van der Waals surface area contributed by atoms with Crippen LogP contribution in [0.25, 0.3) is 0 Å². The lowest BCUT2D eigenvalue weighted by Crippen LogP contribution is -2.54. The molecule has 1 aliphatic heterocycles. The van der Waals surface area contributed by atoms with Gasteiger partial charge in [-0.3, -0.25) is 9.59 Å². The molecule has 0 atom stereocenters. The molecule has 5 N–H and O–H groups in total. The van der Waals surface area contributed by atoms with E-state index >= 15 is 0 Å². The van der Waals surface area contributed by atoms with Crippen LogP contribution in [0.4, 0.5) is 22.1 Å². The van der Waals surface area contributed by atoms with Gasteiger partial charge in [-0.15, -0.1) is 0 Å². The van der Waals surface area contributed by atoms with Crippen molar-refractivity contribution in [2.24, 2.45) is 0 Å². The molecule has 0 spiro atoms. The summed E-state index contributed by atoms with van der Waals surface area (Å²) < 4.78 is 5.39. The number of anilines is 3. The number of carbonyl (C=O) groups is 3. The highest BCUT2D eigenvalue weighted by Crippen LogP contribution is 2.39. The van der Waals surface area contributed by atoms with Crippen molar-refractivity contribution in [3.63, 3.8) is 0 Å². The van der Waals surface area contributed by atoms with Crippen LogP contribution in [-0.2, 0) is 14.3 Å². The second kappa shape index (κ2) is 12.1. The SMILES string of the molecule is CC1(NC(=O)OC(C)(C)C)CCN(c2cnc(Sc3cccc(NC(=O)CCC(=O)O)c3Cl)c(N)n2)CC1. The molecule has 0 saturated carbocycles. The first-order valence-corrected chi connectivity index (χ1v) is 13.3. The van der Waals surface area contributed by atoms with Crippen LogP contribution in [0.1, 0.15) is 53.4 Å². The molecule has 1 aromatic heterocycles. The number of benzene rings is 1. The summed E-state index contributed by atoms with van der Waals surface area (Å²) >= 11 is 7.69. The fraction of sp³-hybridized carbons (Fsp3) is 0.480. The number of nitrogen functional groups attached to an aromatic ring is 1. The number of carboxylic acid groups (broad SMARTS) is 1. The highest BCUT2D eigenvalue weighted by atomic mass is 35.5. The molecule has 206 valence electrons. The van der Waals surface area contributed by atoms with Crippen LogP contribution in [0.5, 0.6) is 0 Å².